The SMILES string of the molecule is O=C(C1NNC2CCC([N+](=O)[O-])CC21)N1CCC(c2nc3ccccc3o2)CC1. The predicted molar refractivity (Wildman–Crippen MR) is 105 cm³/mol. The van der Waals surface area contributed by atoms with Gasteiger partial charge in [-0.15, -0.1) is 0 Å². The Labute approximate surface area is 167 Å². The third-order valence-corrected chi connectivity index (χ3v) is 6.75. The van der Waals surface area contributed by atoms with Gasteiger partial charge < -0.3 is 9.32 Å². The molecular weight excluding hydrogens is 374 g/mol. The summed E-state index contributed by atoms with van der Waals surface area (Å²) in [6.45, 7) is 1.30. The summed E-state index contributed by atoms with van der Waals surface area (Å²) >= 11 is 0. The maximum atomic E-state index is 13.1. The molecule has 0 radical (unpaired) electrons. The monoisotopic (exact) mass is 399 g/mol. The third-order valence-electron chi connectivity index (χ3n) is 6.75. The number of amides is 1. The topological polar surface area (TPSA) is 114 Å². The van der Waals surface area contributed by atoms with Gasteiger partial charge in [0.15, 0.2) is 11.5 Å². The average Bonchev–Trinajstić information content (AvgIpc) is 3.37. The highest BCUT2D eigenvalue weighted by molar-refractivity contribution is 5.83. The van der Waals surface area contributed by atoms with Crippen molar-refractivity contribution in [3.63, 3.8) is 0 Å². The van der Waals surface area contributed by atoms with Crippen LogP contribution in [0.15, 0.2) is 28.7 Å². The van der Waals surface area contributed by atoms with Crippen molar-refractivity contribution < 1.29 is 14.1 Å². The van der Waals surface area contributed by atoms with Crippen LogP contribution in [0.5, 0.6) is 0 Å². The molecule has 5 rings (SSSR count). The molecule has 1 aromatic heterocycles. The largest absolute Gasteiger partial charge is 0.440 e. The van der Waals surface area contributed by atoms with Crippen LogP contribution in [0.2, 0.25) is 0 Å². The number of fused-ring (bicyclic) bond motifs is 2. The first-order chi connectivity index (χ1) is 14.1. The van der Waals surface area contributed by atoms with Gasteiger partial charge in [0.25, 0.3) is 0 Å². The summed E-state index contributed by atoms with van der Waals surface area (Å²) in [5.41, 5.74) is 7.98. The van der Waals surface area contributed by atoms with Gasteiger partial charge in [-0.25, -0.2) is 10.4 Å². The van der Waals surface area contributed by atoms with Gasteiger partial charge >= 0.3 is 0 Å². The number of nitrogens with zero attached hydrogens (tertiary/aromatic N) is 3. The minimum absolute atomic E-state index is 0.0265. The van der Waals surface area contributed by atoms with Gasteiger partial charge in [0.1, 0.15) is 11.6 Å². The van der Waals surface area contributed by atoms with Gasteiger partial charge in [-0.1, -0.05) is 12.1 Å². The summed E-state index contributed by atoms with van der Waals surface area (Å²) in [7, 11) is 0. The van der Waals surface area contributed by atoms with Crippen molar-refractivity contribution >= 4 is 17.0 Å². The fraction of sp³-hybridized carbons (Fsp3) is 0.600. The number of oxazole rings is 1. The van der Waals surface area contributed by atoms with E-state index in [1.54, 1.807) is 0 Å². The standard InChI is InChI=1S/C20H25N5O4/c26-20(18-14-11-13(25(27)28)5-6-15(14)22-23-18)24-9-7-12(8-10-24)19-21-16-3-1-2-4-17(16)29-19/h1-4,12-15,18,22-23H,5-11H2. The van der Waals surface area contributed by atoms with Gasteiger partial charge in [0.05, 0.1) is 0 Å². The van der Waals surface area contributed by atoms with Crippen molar-refractivity contribution in [1.82, 2.24) is 20.7 Å². The van der Waals surface area contributed by atoms with Crippen LogP contribution >= 0.6 is 0 Å². The average molecular weight is 399 g/mol. The summed E-state index contributed by atoms with van der Waals surface area (Å²) < 4.78 is 5.91. The smallest absolute Gasteiger partial charge is 0.241 e. The number of aromatic nitrogens is 1. The predicted octanol–water partition coefficient (Wildman–Crippen LogP) is 1.82. The van der Waals surface area contributed by atoms with E-state index < -0.39 is 6.04 Å². The van der Waals surface area contributed by atoms with Crippen molar-refractivity contribution in [2.24, 2.45) is 5.92 Å². The molecule has 3 heterocycles. The number of hydrogen-bond donors (Lipinski definition) is 2. The fourth-order valence-electron chi connectivity index (χ4n) is 5.08. The highest BCUT2D eigenvalue weighted by Crippen LogP contribution is 2.34. The van der Waals surface area contributed by atoms with Crippen molar-refractivity contribution in [3.05, 3.63) is 40.3 Å². The fourth-order valence-corrected chi connectivity index (χ4v) is 5.08. The van der Waals surface area contributed by atoms with E-state index >= 15 is 0 Å². The molecule has 2 aromatic rings. The normalized spacial score (nSPS) is 30.4. The second-order valence-corrected chi connectivity index (χ2v) is 8.41. The van der Waals surface area contributed by atoms with Crippen molar-refractivity contribution in [3.8, 4) is 0 Å². The second kappa shape index (κ2) is 7.38. The van der Waals surface area contributed by atoms with Crippen LogP contribution in [0.1, 0.15) is 43.9 Å². The number of para-hydroxylation sites is 2. The van der Waals surface area contributed by atoms with Crippen LogP contribution in [0.3, 0.4) is 0 Å². The summed E-state index contributed by atoms with van der Waals surface area (Å²) in [5.74, 6) is 0.981. The van der Waals surface area contributed by atoms with Crippen LogP contribution in [-0.4, -0.2) is 51.9 Å². The minimum Gasteiger partial charge on any atom is -0.440 e. The van der Waals surface area contributed by atoms with Crippen LogP contribution in [0, 0.1) is 16.0 Å². The van der Waals surface area contributed by atoms with Gasteiger partial charge in [-0.05, 0) is 31.4 Å². The first-order valence-electron chi connectivity index (χ1n) is 10.4. The van der Waals surface area contributed by atoms with E-state index in [2.05, 4.69) is 15.8 Å². The van der Waals surface area contributed by atoms with Crippen molar-refractivity contribution in [2.75, 3.05) is 13.1 Å². The number of rotatable bonds is 3. The van der Waals surface area contributed by atoms with E-state index in [1.165, 1.54) is 0 Å². The lowest BCUT2D eigenvalue weighted by atomic mass is 9.79. The number of piperidine rings is 1. The number of carbonyl (C=O) groups excluding carboxylic acids is 1. The number of carbonyl (C=O) groups is 1. The van der Waals surface area contributed by atoms with E-state index in [1.807, 2.05) is 29.2 Å². The van der Waals surface area contributed by atoms with Gasteiger partial charge in [-0.2, -0.15) is 0 Å². The van der Waals surface area contributed by atoms with Crippen LogP contribution in [0.4, 0.5) is 0 Å². The van der Waals surface area contributed by atoms with Gasteiger partial charge in [0.2, 0.25) is 11.9 Å². The molecule has 29 heavy (non-hydrogen) atoms. The summed E-state index contributed by atoms with van der Waals surface area (Å²) in [6.07, 6.45) is 3.37. The number of likely N-dealkylation sites (tertiary alicyclic amines) is 1. The number of benzene rings is 1. The third kappa shape index (κ3) is 3.38. The highest BCUT2D eigenvalue weighted by Gasteiger charge is 2.47. The molecule has 2 saturated heterocycles. The molecule has 2 aliphatic heterocycles. The summed E-state index contributed by atoms with van der Waals surface area (Å²) in [6, 6.07) is 6.95. The Morgan fingerprint density at radius 3 is 2.72 bits per heavy atom. The van der Waals surface area contributed by atoms with Crippen LogP contribution in [0.25, 0.3) is 11.1 Å². The number of hydrazine groups is 1. The number of nitrogens with one attached hydrogen (secondary N) is 2. The zero-order valence-corrected chi connectivity index (χ0v) is 16.1. The molecule has 3 fully saturated rings. The molecule has 4 atom stereocenters. The zero-order valence-electron chi connectivity index (χ0n) is 16.1. The van der Waals surface area contributed by atoms with Gasteiger partial charge in [-0.3, -0.25) is 20.3 Å². The van der Waals surface area contributed by atoms with Crippen LogP contribution in [-0.2, 0) is 4.79 Å². The Hall–Kier alpha value is -2.52. The Bertz CT molecular complexity index is 889. The van der Waals surface area contributed by atoms with Crippen molar-refractivity contribution in [1.29, 1.82) is 0 Å². The Morgan fingerprint density at radius 1 is 1.17 bits per heavy atom. The molecule has 2 N–H and O–H groups in total. The molecule has 1 amide bonds. The molecule has 1 saturated carbocycles. The Kier molecular flexibility index (Phi) is 4.71. The molecule has 3 aliphatic rings. The molecule has 1 aliphatic carbocycles. The lowest BCUT2D eigenvalue weighted by Crippen LogP contribution is -2.50. The minimum atomic E-state index is -0.543. The number of nitro groups is 1. The molecule has 9 nitrogen and oxygen atoms in total. The first kappa shape index (κ1) is 18.5. The van der Waals surface area contributed by atoms with E-state index in [0.29, 0.717) is 25.9 Å². The van der Waals surface area contributed by atoms with E-state index in [9.17, 15) is 14.9 Å². The zero-order chi connectivity index (χ0) is 20.0. The maximum Gasteiger partial charge on any atom is 0.241 e. The maximum absolute atomic E-state index is 13.1. The molecule has 154 valence electrons. The molecule has 4 unspecified atom stereocenters. The van der Waals surface area contributed by atoms with Crippen molar-refractivity contribution in [2.45, 2.75) is 56.1 Å². The van der Waals surface area contributed by atoms with Gasteiger partial charge in [0, 0.05) is 48.7 Å². The molecule has 9 heteroatoms. The van der Waals surface area contributed by atoms with E-state index in [-0.39, 0.29) is 34.7 Å². The molecule has 0 bridgehead atoms. The Morgan fingerprint density at radius 2 is 1.97 bits per heavy atom. The lowest BCUT2D eigenvalue weighted by Gasteiger charge is -2.35. The molecule has 1 aromatic carbocycles. The van der Waals surface area contributed by atoms with E-state index in [0.717, 1.165) is 36.3 Å². The summed E-state index contributed by atoms with van der Waals surface area (Å²) in [4.78, 5) is 30.6. The molecular formula is C20H25N5O4. The Balaban J connectivity index is 1.22. The summed E-state index contributed by atoms with van der Waals surface area (Å²) in [5, 5.41) is 11.2. The highest BCUT2D eigenvalue weighted by atomic mass is 16.6. The number of hydrogen-bond acceptors (Lipinski definition) is 7. The molecule has 0 spiro atoms. The second-order valence-electron chi connectivity index (χ2n) is 8.41. The quantitative estimate of drug-likeness (QED) is 0.598. The van der Waals surface area contributed by atoms with E-state index in [4.69, 9.17) is 4.42 Å². The first-order valence-corrected chi connectivity index (χ1v) is 10.4. The lowest BCUT2D eigenvalue weighted by molar-refractivity contribution is -0.528. The van der Waals surface area contributed by atoms with Crippen LogP contribution < -0.4 is 10.9 Å².